The number of nitrogens with zero attached hydrogens (tertiary/aromatic N) is 4. The normalized spacial score (nSPS) is 11.9. The SMILES string of the molecule is COCCc1nc2c(N)nc3cccnc3c2n1CCNC(=O)OC(C)(C)C. The van der Waals surface area contributed by atoms with Crippen LogP contribution in [0.3, 0.4) is 0 Å². The van der Waals surface area contributed by atoms with Crippen LogP contribution in [0.5, 0.6) is 0 Å². The Balaban J connectivity index is 1.95. The van der Waals surface area contributed by atoms with Gasteiger partial charge in [0.15, 0.2) is 5.82 Å². The minimum absolute atomic E-state index is 0.355. The number of pyridine rings is 2. The highest BCUT2D eigenvalue weighted by Gasteiger charge is 2.19. The van der Waals surface area contributed by atoms with Crippen molar-refractivity contribution in [1.29, 1.82) is 0 Å². The van der Waals surface area contributed by atoms with Gasteiger partial charge in [0, 0.05) is 32.8 Å². The number of nitrogens with two attached hydrogens (primary N) is 1. The minimum atomic E-state index is -0.546. The average Bonchev–Trinajstić information content (AvgIpc) is 2.98. The van der Waals surface area contributed by atoms with Gasteiger partial charge in [-0.1, -0.05) is 0 Å². The van der Waals surface area contributed by atoms with E-state index in [-0.39, 0.29) is 0 Å². The van der Waals surface area contributed by atoms with Crippen LogP contribution in [0.4, 0.5) is 10.6 Å². The van der Waals surface area contributed by atoms with Gasteiger partial charge in [0.05, 0.1) is 12.1 Å². The van der Waals surface area contributed by atoms with Crippen molar-refractivity contribution in [2.24, 2.45) is 0 Å². The highest BCUT2D eigenvalue weighted by Crippen LogP contribution is 2.27. The van der Waals surface area contributed by atoms with Crippen LogP contribution in [0.2, 0.25) is 0 Å². The van der Waals surface area contributed by atoms with Crippen LogP contribution < -0.4 is 11.1 Å². The maximum Gasteiger partial charge on any atom is 0.407 e. The van der Waals surface area contributed by atoms with E-state index in [0.29, 0.717) is 43.0 Å². The second-order valence-electron chi connectivity index (χ2n) is 7.42. The van der Waals surface area contributed by atoms with E-state index in [1.54, 1.807) is 13.3 Å². The fourth-order valence-electron chi connectivity index (χ4n) is 2.98. The lowest BCUT2D eigenvalue weighted by Crippen LogP contribution is -2.34. The molecule has 0 saturated heterocycles. The maximum atomic E-state index is 12.0. The summed E-state index contributed by atoms with van der Waals surface area (Å²) >= 11 is 0. The number of nitrogen functional groups attached to an aromatic ring is 1. The van der Waals surface area contributed by atoms with Crippen molar-refractivity contribution in [1.82, 2.24) is 24.8 Å². The van der Waals surface area contributed by atoms with Crippen LogP contribution in [0.1, 0.15) is 26.6 Å². The Morgan fingerprint density at radius 1 is 1.29 bits per heavy atom. The lowest BCUT2D eigenvalue weighted by atomic mass is 10.2. The second kappa shape index (κ2) is 7.97. The molecular weight excluding hydrogens is 360 g/mol. The molecule has 0 atom stereocenters. The molecule has 0 aliphatic rings. The number of rotatable bonds is 6. The Morgan fingerprint density at radius 2 is 2.07 bits per heavy atom. The van der Waals surface area contributed by atoms with Crippen LogP contribution in [-0.4, -0.2) is 51.5 Å². The number of amides is 1. The highest BCUT2D eigenvalue weighted by molar-refractivity contribution is 6.04. The van der Waals surface area contributed by atoms with E-state index in [1.807, 2.05) is 37.5 Å². The summed E-state index contributed by atoms with van der Waals surface area (Å²) in [5.74, 6) is 1.16. The Bertz CT molecular complexity index is 993. The first-order valence-corrected chi connectivity index (χ1v) is 9.15. The Morgan fingerprint density at radius 3 is 2.79 bits per heavy atom. The monoisotopic (exact) mass is 386 g/mol. The molecular formula is C19H26N6O3. The van der Waals surface area contributed by atoms with Crippen molar-refractivity contribution in [2.45, 2.75) is 39.3 Å². The molecule has 28 heavy (non-hydrogen) atoms. The maximum absolute atomic E-state index is 12.0. The number of anilines is 1. The number of hydrogen-bond acceptors (Lipinski definition) is 7. The van der Waals surface area contributed by atoms with Crippen molar-refractivity contribution in [2.75, 3.05) is 26.0 Å². The zero-order chi connectivity index (χ0) is 20.3. The summed E-state index contributed by atoms with van der Waals surface area (Å²) in [6.07, 6.45) is 1.86. The summed E-state index contributed by atoms with van der Waals surface area (Å²) in [4.78, 5) is 25.5. The molecule has 0 fully saturated rings. The first-order valence-electron chi connectivity index (χ1n) is 9.15. The molecule has 0 aliphatic carbocycles. The molecule has 150 valence electrons. The molecule has 1 amide bonds. The molecule has 0 saturated carbocycles. The molecule has 3 rings (SSSR count). The second-order valence-corrected chi connectivity index (χ2v) is 7.42. The minimum Gasteiger partial charge on any atom is -0.444 e. The topological polar surface area (TPSA) is 117 Å². The van der Waals surface area contributed by atoms with E-state index >= 15 is 0 Å². The number of imidazole rings is 1. The third-order valence-electron chi connectivity index (χ3n) is 4.07. The molecule has 9 nitrogen and oxygen atoms in total. The number of carbonyl (C=O) groups is 1. The number of aromatic nitrogens is 4. The Labute approximate surface area is 163 Å². The molecule has 3 heterocycles. The van der Waals surface area contributed by atoms with Gasteiger partial charge in [0.2, 0.25) is 0 Å². The van der Waals surface area contributed by atoms with Gasteiger partial charge in [0.1, 0.15) is 28.0 Å². The van der Waals surface area contributed by atoms with E-state index < -0.39 is 11.7 Å². The van der Waals surface area contributed by atoms with Gasteiger partial charge < -0.3 is 25.1 Å². The number of nitrogens with one attached hydrogen (secondary N) is 1. The summed E-state index contributed by atoms with van der Waals surface area (Å²) in [7, 11) is 1.64. The Hall–Kier alpha value is -2.94. The number of carbonyl (C=O) groups excluding carboxylic acids is 1. The largest absolute Gasteiger partial charge is 0.444 e. The van der Waals surface area contributed by atoms with Gasteiger partial charge in [-0.15, -0.1) is 0 Å². The number of hydrogen-bond donors (Lipinski definition) is 2. The molecule has 0 unspecified atom stereocenters. The third-order valence-corrected chi connectivity index (χ3v) is 4.07. The fraction of sp³-hybridized carbons (Fsp3) is 0.474. The molecule has 3 aromatic heterocycles. The zero-order valence-electron chi connectivity index (χ0n) is 16.7. The van der Waals surface area contributed by atoms with Gasteiger partial charge in [-0.3, -0.25) is 4.98 Å². The smallest absolute Gasteiger partial charge is 0.407 e. The summed E-state index contributed by atoms with van der Waals surface area (Å²) < 4.78 is 12.5. The molecule has 0 radical (unpaired) electrons. The number of fused-ring (bicyclic) bond motifs is 3. The van der Waals surface area contributed by atoms with Gasteiger partial charge in [-0.2, -0.15) is 0 Å². The van der Waals surface area contributed by atoms with Crippen molar-refractivity contribution < 1.29 is 14.3 Å². The fourth-order valence-corrected chi connectivity index (χ4v) is 2.98. The first-order chi connectivity index (χ1) is 13.3. The van der Waals surface area contributed by atoms with Crippen LogP contribution in [0.25, 0.3) is 22.1 Å². The van der Waals surface area contributed by atoms with Crippen molar-refractivity contribution in [3.63, 3.8) is 0 Å². The van der Waals surface area contributed by atoms with Crippen molar-refractivity contribution in [3.8, 4) is 0 Å². The van der Waals surface area contributed by atoms with E-state index in [2.05, 4.69) is 20.3 Å². The Kier molecular flexibility index (Phi) is 5.64. The van der Waals surface area contributed by atoms with Crippen molar-refractivity contribution >= 4 is 34.0 Å². The van der Waals surface area contributed by atoms with Gasteiger partial charge in [-0.25, -0.2) is 14.8 Å². The summed E-state index contributed by atoms with van der Waals surface area (Å²) in [6, 6.07) is 3.68. The van der Waals surface area contributed by atoms with Crippen LogP contribution in [0.15, 0.2) is 18.3 Å². The zero-order valence-corrected chi connectivity index (χ0v) is 16.7. The van der Waals surface area contributed by atoms with Crippen molar-refractivity contribution in [3.05, 3.63) is 24.2 Å². The predicted octanol–water partition coefficient (Wildman–Crippen LogP) is 2.28. The van der Waals surface area contributed by atoms with Gasteiger partial charge in [0.25, 0.3) is 0 Å². The highest BCUT2D eigenvalue weighted by atomic mass is 16.6. The van der Waals surface area contributed by atoms with Crippen LogP contribution >= 0.6 is 0 Å². The number of ether oxygens (including phenoxy) is 2. The molecule has 9 heteroatoms. The summed E-state index contributed by atoms with van der Waals surface area (Å²) in [5, 5.41) is 2.78. The average molecular weight is 386 g/mol. The third kappa shape index (κ3) is 4.30. The van der Waals surface area contributed by atoms with E-state index in [1.165, 1.54) is 0 Å². The number of alkyl carbamates (subject to hydrolysis) is 1. The molecule has 0 bridgehead atoms. The van der Waals surface area contributed by atoms with Gasteiger partial charge in [-0.05, 0) is 32.9 Å². The predicted molar refractivity (Wildman–Crippen MR) is 107 cm³/mol. The van der Waals surface area contributed by atoms with E-state index in [4.69, 9.17) is 15.2 Å². The molecule has 0 spiro atoms. The quantitative estimate of drug-likeness (QED) is 0.667. The molecule has 3 N–H and O–H groups in total. The molecule has 3 aromatic rings. The van der Waals surface area contributed by atoms with Gasteiger partial charge >= 0.3 is 6.09 Å². The summed E-state index contributed by atoms with van der Waals surface area (Å²) in [6.45, 7) is 6.85. The molecule has 0 aromatic carbocycles. The van der Waals surface area contributed by atoms with Crippen LogP contribution in [0, 0.1) is 0 Å². The number of methoxy groups -OCH3 is 1. The van der Waals surface area contributed by atoms with E-state index in [9.17, 15) is 4.79 Å². The van der Waals surface area contributed by atoms with E-state index in [0.717, 1.165) is 16.9 Å². The summed E-state index contributed by atoms with van der Waals surface area (Å²) in [5.41, 5.74) is 8.43. The molecule has 0 aliphatic heterocycles. The van der Waals surface area contributed by atoms with Crippen LogP contribution in [-0.2, 0) is 22.4 Å². The lowest BCUT2D eigenvalue weighted by Gasteiger charge is -2.20. The standard InChI is InChI=1S/C19H26N6O3/c1-19(2,3)28-18(26)22-9-10-25-13(7-11-27-4)24-15-16(25)14-12(23-17(15)20)6-5-8-21-14/h5-6,8H,7,9-11H2,1-4H3,(H2,20,23)(H,22,26). The first kappa shape index (κ1) is 19.8. The lowest BCUT2D eigenvalue weighted by molar-refractivity contribution is 0.0526.